The number of hydrogen-bond acceptors (Lipinski definition) is 4. The molecule has 5 heteroatoms. The summed E-state index contributed by atoms with van der Waals surface area (Å²) in [6, 6.07) is 13.7. The van der Waals surface area contributed by atoms with Crippen LogP contribution in [0.2, 0.25) is 0 Å². The molecule has 2 N–H and O–H groups in total. The number of hydrogen-bond donors (Lipinski definition) is 2. The number of carbonyl (C=O) groups is 1. The molecule has 0 aliphatic heterocycles. The van der Waals surface area contributed by atoms with Crippen molar-refractivity contribution in [3.63, 3.8) is 0 Å². The quantitative estimate of drug-likeness (QED) is 0.771. The topological polar surface area (TPSA) is 59.6 Å². The fourth-order valence-corrected chi connectivity index (χ4v) is 2.24. The van der Waals surface area contributed by atoms with E-state index >= 15 is 0 Å². The Labute approximate surface area is 149 Å². The van der Waals surface area contributed by atoms with Crippen molar-refractivity contribution in [2.75, 3.05) is 19.0 Å². The van der Waals surface area contributed by atoms with Crippen LogP contribution in [0.25, 0.3) is 0 Å². The van der Waals surface area contributed by atoms with Crippen LogP contribution in [0, 0.1) is 6.92 Å². The van der Waals surface area contributed by atoms with Crippen molar-refractivity contribution >= 4 is 11.6 Å². The lowest BCUT2D eigenvalue weighted by molar-refractivity contribution is -0.118. The number of carbonyl (C=O) groups excluding carboxylic acids is 1. The number of aryl methyl sites for hydroxylation is 1. The fraction of sp³-hybridized carbons (Fsp3) is 0.350. The van der Waals surface area contributed by atoms with Crippen LogP contribution in [0.4, 0.5) is 5.69 Å². The summed E-state index contributed by atoms with van der Waals surface area (Å²) in [5, 5.41) is 6.16. The molecule has 0 bridgehead atoms. The van der Waals surface area contributed by atoms with Gasteiger partial charge in [0, 0.05) is 18.3 Å². The van der Waals surface area contributed by atoms with Crippen LogP contribution in [0.15, 0.2) is 42.5 Å². The molecule has 5 nitrogen and oxygen atoms in total. The Kier molecular flexibility index (Phi) is 6.83. The Hall–Kier alpha value is -2.53. The monoisotopic (exact) mass is 342 g/mol. The van der Waals surface area contributed by atoms with E-state index in [1.54, 1.807) is 7.11 Å². The van der Waals surface area contributed by atoms with Gasteiger partial charge < -0.3 is 20.1 Å². The first kappa shape index (κ1) is 18.8. The van der Waals surface area contributed by atoms with Gasteiger partial charge in [-0.2, -0.15) is 0 Å². The number of methoxy groups -OCH3 is 1. The normalized spacial score (nSPS) is 10.6. The van der Waals surface area contributed by atoms with Gasteiger partial charge in [0.05, 0.1) is 7.11 Å². The lowest BCUT2D eigenvalue weighted by Gasteiger charge is -2.13. The van der Waals surface area contributed by atoms with Crippen LogP contribution in [0.1, 0.15) is 25.0 Å². The fourth-order valence-electron chi connectivity index (χ4n) is 2.24. The van der Waals surface area contributed by atoms with Crippen molar-refractivity contribution in [2.45, 2.75) is 33.4 Å². The molecule has 0 unspecified atom stereocenters. The van der Waals surface area contributed by atoms with Crippen molar-refractivity contribution in [2.24, 2.45) is 0 Å². The third-order valence-electron chi connectivity index (χ3n) is 3.64. The molecule has 2 aromatic rings. The Morgan fingerprint density at radius 3 is 2.44 bits per heavy atom. The molecule has 0 fully saturated rings. The van der Waals surface area contributed by atoms with Gasteiger partial charge in [0.25, 0.3) is 5.91 Å². The molecule has 1 amide bonds. The Balaban J connectivity index is 1.92. The number of rotatable bonds is 8. The van der Waals surface area contributed by atoms with Gasteiger partial charge in [-0.3, -0.25) is 4.79 Å². The molecule has 134 valence electrons. The van der Waals surface area contributed by atoms with Crippen LogP contribution < -0.4 is 20.1 Å². The molecule has 0 aliphatic rings. The van der Waals surface area contributed by atoms with E-state index in [1.807, 2.05) is 49.4 Å². The summed E-state index contributed by atoms with van der Waals surface area (Å²) >= 11 is 0. The predicted octanol–water partition coefficient (Wildman–Crippen LogP) is 3.52. The Morgan fingerprint density at radius 1 is 1.08 bits per heavy atom. The molecule has 0 radical (unpaired) electrons. The molecule has 0 spiro atoms. The van der Waals surface area contributed by atoms with Crippen LogP contribution in [0.5, 0.6) is 11.5 Å². The number of anilines is 1. The predicted molar refractivity (Wildman–Crippen MR) is 100 cm³/mol. The molecule has 2 aromatic carbocycles. The minimum Gasteiger partial charge on any atom is -0.493 e. The summed E-state index contributed by atoms with van der Waals surface area (Å²) in [5.74, 6) is 0.956. The Bertz CT molecular complexity index is 697. The number of nitrogens with one attached hydrogen (secondary N) is 2. The average Bonchev–Trinajstić information content (AvgIpc) is 2.60. The highest BCUT2D eigenvalue weighted by Crippen LogP contribution is 2.28. The number of ether oxygens (including phenoxy) is 2. The van der Waals surface area contributed by atoms with E-state index in [0.29, 0.717) is 17.5 Å². The second-order valence-corrected chi connectivity index (χ2v) is 6.22. The van der Waals surface area contributed by atoms with E-state index in [-0.39, 0.29) is 12.5 Å². The lowest BCUT2D eigenvalue weighted by Crippen LogP contribution is -2.22. The molecule has 0 saturated heterocycles. The molecule has 0 saturated carbocycles. The van der Waals surface area contributed by atoms with E-state index in [1.165, 1.54) is 0 Å². The number of amides is 1. The molecule has 0 atom stereocenters. The zero-order valence-electron chi connectivity index (χ0n) is 15.3. The summed E-state index contributed by atoms with van der Waals surface area (Å²) in [4.78, 5) is 12.0. The first-order valence-corrected chi connectivity index (χ1v) is 8.37. The molecule has 0 aliphatic carbocycles. The van der Waals surface area contributed by atoms with Gasteiger partial charge in [0.2, 0.25) is 0 Å². The van der Waals surface area contributed by atoms with E-state index in [4.69, 9.17) is 9.47 Å². The van der Waals surface area contributed by atoms with Crippen LogP contribution in [-0.2, 0) is 11.3 Å². The van der Waals surface area contributed by atoms with Crippen molar-refractivity contribution in [1.29, 1.82) is 0 Å². The SMILES string of the molecule is COc1cc(CNC(C)C)ccc1OCC(=O)Nc1ccc(C)cc1. The van der Waals surface area contributed by atoms with Gasteiger partial charge in [-0.15, -0.1) is 0 Å². The maximum Gasteiger partial charge on any atom is 0.262 e. The van der Waals surface area contributed by atoms with Gasteiger partial charge in [-0.05, 0) is 36.8 Å². The highest BCUT2D eigenvalue weighted by atomic mass is 16.5. The largest absolute Gasteiger partial charge is 0.493 e. The van der Waals surface area contributed by atoms with Gasteiger partial charge in [0.1, 0.15) is 0 Å². The second kappa shape index (κ2) is 9.08. The second-order valence-electron chi connectivity index (χ2n) is 6.22. The van der Waals surface area contributed by atoms with Crippen molar-refractivity contribution in [1.82, 2.24) is 5.32 Å². The minimum atomic E-state index is -0.212. The van der Waals surface area contributed by atoms with E-state index in [0.717, 1.165) is 23.4 Å². The molecular formula is C20H26N2O3. The van der Waals surface area contributed by atoms with Crippen molar-refractivity contribution in [3.8, 4) is 11.5 Å². The van der Waals surface area contributed by atoms with Crippen LogP contribution in [-0.4, -0.2) is 25.7 Å². The van der Waals surface area contributed by atoms with Crippen molar-refractivity contribution in [3.05, 3.63) is 53.6 Å². The van der Waals surface area contributed by atoms with Crippen molar-refractivity contribution < 1.29 is 14.3 Å². The third kappa shape index (κ3) is 6.12. The van der Waals surface area contributed by atoms with E-state index in [2.05, 4.69) is 24.5 Å². The molecule has 25 heavy (non-hydrogen) atoms. The summed E-state index contributed by atoms with van der Waals surface area (Å²) < 4.78 is 11.0. The first-order valence-electron chi connectivity index (χ1n) is 8.37. The molecule has 0 heterocycles. The highest BCUT2D eigenvalue weighted by Gasteiger charge is 2.09. The van der Waals surface area contributed by atoms with E-state index in [9.17, 15) is 4.79 Å². The zero-order chi connectivity index (χ0) is 18.2. The maximum atomic E-state index is 12.0. The van der Waals surface area contributed by atoms with Crippen LogP contribution in [0.3, 0.4) is 0 Å². The number of benzene rings is 2. The average molecular weight is 342 g/mol. The molecule has 2 rings (SSSR count). The Morgan fingerprint density at radius 2 is 1.80 bits per heavy atom. The standard InChI is InChI=1S/C20H26N2O3/c1-14(2)21-12-16-7-10-18(19(11-16)24-4)25-13-20(23)22-17-8-5-15(3)6-9-17/h5-11,14,21H,12-13H2,1-4H3,(H,22,23). The highest BCUT2D eigenvalue weighted by molar-refractivity contribution is 5.91. The minimum absolute atomic E-state index is 0.0756. The van der Waals surface area contributed by atoms with Gasteiger partial charge in [0.15, 0.2) is 18.1 Å². The van der Waals surface area contributed by atoms with Gasteiger partial charge in [-0.1, -0.05) is 37.6 Å². The maximum absolute atomic E-state index is 12.0. The lowest BCUT2D eigenvalue weighted by atomic mass is 10.2. The zero-order valence-corrected chi connectivity index (χ0v) is 15.3. The first-order chi connectivity index (χ1) is 12.0. The van der Waals surface area contributed by atoms with Gasteiger partial charge >= 0.3 is 0 Å². The van der Waals surface area contributed by atoms with Gasteiger partial charge in [-0.25, -0.2) is 0 Å². The van der Waals surface area contributed by atoms with E-state index < -0.39 is 0 Å². The third-order valence-corrected chi connectivity index (χ3v) is 3.64. The summed E-state index contributed by atoms with van der Waals surface area (Å²) in [5.41, 5.74) is 2.99. The molecular weight excluding hydrogens is 316 g/mol. The summed E-state index contributed by atoms with van der Waals surface area (Å²) in [6.07, 6.45) is 0. The van der Waals surface area contributed by atoms with Crippen LogP contribution >= 0.6 is 0 Å². The molecule has 0 aromatic heterocycles. The summed E-state index contributed by atoms with van der Waals surface area (Å²) in [7, 11) is 1.59. The summed E-state index contributed by atoms with van der Waals surface area (Å²) in [6.45, 7) is 6.88. The smallest absolute Gasteiger partial charge is 0.262 e.